The summed E-state index contributed by atoms with van der Waals surface area (Å²) in [5.74, 6) is 0.146. The zero-order chi connectivity index (χ0) is 17.6. The van der Waals surface area contributed by atoms with Gasteiger partial charge in [-0.1, -0.05) is 13.0 Å². The summed E-state index contributed by atoms with van der Waals surface area (Å²) in [6, 6.07) is 4.80. The Morgan fingerprint density at radius 3 is 2.71 bits per heavy atom. The second kappa shape index (κ2) is 8.37. The van der Waals surface area contributed by atoms with Crippen LogP contribution in [0.2, 0.25) is 0 Å². The molecule has 7 heteroatoms. The zero-order valence-electron chi connectivity index (χ0n) is 13.7. The molecular weight excluding hydrogens is 321 g/mol. The van der Waals surface area contributed by atoms with Crippen LogP contribution in [0.1, 0.15) is 31.7 Å². The van der Waals surface area contributed by atoms with Crippen LogP contribution in [0.25, 0.3) is 0 Å². The number of ether oxygens (including phenoxy) is 1. The first kappa shape index (κ1) is 18.6. The van der Waals surface area contributed by atoms with Crippen LogP contribution in [0.4, 0.5) is 13.2 Å². The normalized spacial score (nSPS) is 17.3. The number of alkyl halides is 3. The second-order valence-corrected chi connectivity index (χ2v) is 5.94. The topological polar surface area (TPSA) is 50.4 Å². The van der Waals surface area contributed by atoms with Crippen molar-refractivity contribution in [3.63, 3.8) is 0 Å². The monoisotopic (exact) mass is 344 g/mol. The second-order valence-electron chi connectivity index (χ2n) is 5.94. The lowest BCUT2D eigenvalue weighted by Gasteiger charge is -2.24. The number of hydrogen-bond donors (Lipinski definition) is 2. The SMILES string of the molecule is CC[C@H](CNC(=O)C1CCNCC1)Oc1cccc(C(F)(F)F)c1. The third-order valence-electron chi connectivity index (χ3n) is 4.13. The number of carbonyl (C=O) groups excluding carboxylic acids is 1. The van der Waals surface area contributed by atoms with Gasteiger partial charge in [0.2, 0.25) is 5.91 Å². The minimum Gasteiger partial charge on any atom is -0.489 e. The first-order valence-corrected chi connectivity index (χ1v) is 8.22. The predicted molar refractivity (Wildman–Crippen MR) is 84.8 cm³/mol. The number of benzene rings is 1. The van der Waals surface area contributed by atoms with E-state index in [1.165, 1.54) is 12.1 Å². The van der Waals surface area contributed by atoms with Crippen molar-refractivity contribution in [3.8, 4) is 5.75 Å². The Morgan fingerprint density at radius 1 is 1.38 bits per heavy atom. The smallest absolute Gasteiger partial charge is 0.416 e. The number of piperidine rings is 1. The Kier molecular flexibility index (Phi) is 6.48. The summed E-state index contributed by atoms with van der Waals surface area (Å²) in [6.45, 7) is 3.82. The molecule has 1 aliphatic rings. The molecular formula is C17H23F3N2O2. The molecule has 1 aromatic carbocycles. The highest BCUT2D eigenvalue weighted by Gasteiger charge is 2.30. The molecule has 0 saturated carbocycles. The average molecular weight is 344 g/mol. The molecule has 0 spiro atoms. The van der Waals surface area contributed by atoms with Gasteiger partial charge in [-0.2, -0.15) is 13.2 Å². The zero-order valence-corrected chi connectivity index (χ0v) is 13.7. The molecule has 0 aromatic heterocycles. The number of halogens is 3. The molecule has 24 heavy (non-hydrogen) atoms. The fourth-order valence-corrected chi connectivity index (χ4v) is 2.65. The highest BCUT2D eigenvalue weighted by atomic mass is 19.4. The third kappa shape index (κ3) is 5.40. The fraction of sp³-hybridized carbons (Fsp3) is 0.588. The Labute approximate surface area is 139 Å². The van der Waals surface area contributed by atoms with Crippen molar-refractivity contribution >= 4 is 5.91 Å². The van der Waals surface area contributed by atoms with Gasteiger partial charge in [0.25, 0.3) is 0 Å². The summed E-state index contributed by atoms with van der Waals surface area (Å²) >= 11 is 0. The van der Waals surface area contributed by atoms with E-state index in [2.05, 4.69) is 10.6 Å². The highest BCUT2D eigenvalue weighted by Crippen LogP contribution is 2.31. The van der Waals surface area contributed by atoms with Gasteiger partial charge in [0, 0.05) is 5.92 Å². The molecule has 2 rings (SSSR count). The lowest BCUT2D eigenvalue weighted by Crippen LogP contribution is -2.41. The lowest BCUT2D eigenvalue weighted by atomic mass is 9.97. The summed E-state index contributed by atoms with van der Waals surface area (Å²) in [7, 11) is 0. The van der Waals surface area contributed by atoms with E-state index in [9.17, 15) is 18.0 Å². The van der Waals surface area contributed by atoms with Crippen LogP contribution in [0.15, 0.2) is 24.3 Å². The van der Waals surface area contributed by atoms with Gasteiger partial charge in [-0.25, -0.2) is 0 Å². The van der Waals surface area contributed by atoms with E-state index in [0.717, 1.165) is 38.1 Å². The highest BCUT2D eigenvalue weighted by molar-refractivity contribution is 5.78. The molecule has 1 amide bonds. The van der Waals surface area contributed by atoms with Gasteiger partial charge in [-0.3, -0.25) is 4.79 Å². The first-order chi connectivity index (χ1) is 11.4. The van der Waals surface area contributed by atoms with Crippen LogP contribution in [0, 0.1) is 5.92 Å². The molecule has 1 aliphatic heterocycles. The van der Waals surface area contributed by atoms with Crippen LogP contribution in [-0.2, 0) is 11.0 Å². The van der Waals surface area contributed by atoms with Crippen LogP contribution < -0.4 is 15.4 Å². The molecule has 1 saturated heterocycles. The quantitative estimate of drug-likeness (QED) is 0.834. The molecule has 2 N–H and O–H groups in total. The molecule has 0 radical (unpaired) electrons. The summed E-state index contributed by atoms with van der Waals surface area (Å²) in [5, 5.41) is 6.05. The largest absolute Gasteiger partial charge is 0.489 e. The van der Waals surface area contributed by atoms with E-state index in [-0.39, 0.29) is 30.2 Å². The van der Waals surface area contributed by atoms with Crippen molar-refractivity contribution in [2.75, 3.05) is 19.6 Å². The predicted octanol–water partition coefficient (Wildman–Crippen LogP) is 2.98. The van der Waals surface area contributed by atoms with Crippen molar-refractivity contribution in [2.45, 2.75) is 38.5 Å². The van der Waals surface area contributed by atoms with Gasteiger partial charge in [0.1, 0.15) is 11.9 Å². The molecule has 1 fully saturated rings. The molecule has 0 bridgehead atoms. The van der Waals surface area contributed by atoms with Gasteiger partial charge in [-0.15, -0.1) is 0 Å². The van der Waals surface area contributed by atoms with Crippen LogP contribution in [0.3, 0.4) is 0 Å². The molecule has 4 nitrogen and oxygen atoms in total. The third-order valence-corrected chi connectivity index (χ3v) is 4.13. The summed E-state index contributed by atoms with van der Waals surface area (Å²) in [5.41, 5.74) is -0.742. The first-order valence-electron chi connectivity index (χ1n) is 8.22. The van der Waals surface area contributed by atoms with E-state index in [1.807, 2.05) is 6.92 Å². The average Bonchev–Trinajstić information content (AvgIpc) is 2.58. The number of hydrogen-bond acceptors (Lipinski definition) is 3. The Balaban J connectivity index is 1.88. The Bertz CT molecular complexity index is 543. The molecule has 1 atom stereocenters. The van der Waals surface area contributed by atoms with E-state index in [0.29, 0.717) is 6.42 Å². The minimum absolute atomic E-state index is 0.00249. The maximum atomic E-state index is 12.7. The van der Waals surface area contributed by atoms with Gasteiger partial charge < -0.3 is 15.4 Å². The number of rotatable bonds is 6. The van der Waals surface area contributed by atoms with Gasteiger partial charge in [-0.05, 0) is 50.6 Å². The van der Waals surface area contributed by atoms with Gasteiger partial charge in [0.05, 0.1) is 12.1 Å². The Morgan fingerprint density at radius 2 is 2.08 bits per heavy atom. The van der Waals surface area contributed by atoms with E-state index in [4.69, 9.17) is 4.74 Å². The maximum absolute atomic E-state index is 12.7. The number of nitrogens with one attached hydrogen (secondary N) is 2. The standard InChI is InChI=1S/C17H23F3N2O2/c1-2-14(11-22-16(23)12-6-8-21-9-7-12)24-15-5-3-4-13(10-15)17(18,19)20/h3-5,10,12,14,21H,2,6-9,11H2,1H3,(H,22,23)/t14-/m1/s1. The van der Waals surface area contributed by atoms with Gasteiger partial charge >= 0.3 is 6.18 Å². The van der Waals surface area contributed by atoms with E-state index in [1.54, 1.807) is 0 Å². The van der Waals surface area contributed by atoms with Crippen molar-refractivity contribution in [2.24, 2.45) is 5.92 Å². The molecule has 134 valence electrons. The lowest BCUT2D eigenvalue weighted by molar-refractivity contribution is -0.137. The van der Waals surface area contributed by atoms with E-state index < -0.39 is 11.7 Å². The minimum atomic E-state index is -4.40. The van der Waals surface area contributed by atoms with E-state index >= 15 is 0 Å². The molecule has 0 aliphatic carbocycles. The summed E-state index contributed by atoms with van der Waals surface area (Å²) in [4.78, 5) is 12.1. The van der Waals surface area contributed by atoms with Crippen LogP contribution in [-0.4, -0.2) is 31.6 Å². The maximum Gasteiger partial charge on any atom is 0.416 e. The van der Waals surface area contributed by atoms with Crippen molar-refractivity contribution < 1.29 is 22.7 Å². The summed E-state index contributed by atoms with van der Waals surface area (Å²) in [6.07, 6.45) is -2.57. The van der Waals surface area contributed by atoms with Crippen molar-refractivity contribution in [3.05, 3.63) is 29.8 Å². The molecule has 1 aromatic rings. The number of carbonyl (C=O) groups is 1. The molecule has 1 heterocycles. The van der Waals surface area contributed by atoms with Crippen LogP contribution in [0.5, 0.6) is 5.75 Å². The molecule has 0 unspecified atom stereocenters. The van der Waals surface area contributed by atoms with Crippen molar-refractivity contribution in [1.29, 1.82) is 0 Å². The van der Waals surface area contributed by atoms with Crippen LogP contribution >= 0.6 is 0 Å². The summed E-state index contributed by atoms with van der Waals surface area (Å²) < 4.78 is 43.8. The number of amides is 1. The fourth-order valence-electron chi connectivity index (χ4n) is 2.65. The van der Waals surface area contributed by atoms with Crippen molar-refractivity contribution in [1.82, 2.24) is 10.6 Å². The Hall–Kier alpha value is -1.76. The van der Waals surface area contributed by atoms with Gasteiger partial charge in [0.15, 0.2) is 0 Å².